The average Bonchev–Trinajstić information content (AvgIpc) is 2.67. The van der Waals surface area contributed by atoms with Gasteiger partial charge in [0, 0.05) is 6.42 Å². The van der Waals surface area contributed by atoms with Gasteiger partial charge in [0.2, 0.25) is 0 Å². The third-order valence-electron chi connectivity index (χ3n) is 8.68. The molecule has 0 bridgehead atoms. The molecule has 3 heteroatoms. The first-order valence-corrected chi connectivity index (χ1v) is 12.7. The van der Waals surface area contributed by atoms with Gasteiger partial charge in [0.25, 0.3) is 0 Å². The van der Waals surface area contributed by atoms with Gasteiger partial charge in [-0.15, -0.1) is 0 Å². The molecule has 6 atom stereocenters. The lowest BCUT2D eigenvalue weighted by Crippen LogP contribution is -2.44. The zero-order valence-corrected chi connectivity index (χ0v) is 20.4. The van der Waals surface area contributed by atoms with Crippen LogP contribution in [0.2, 0.25) is 0 Å². The minimum Gasteiger partial charge on any atom is -0.393 e. The molecule has 0 aromatic heterocycles. The summed E-state index contributed by atoms with van der Waals surface area (Å²) >= 11 is 0. The van der Waals surface area contributed by atoms with Gasteiger partial charge < -0.3 is 15.3 Å². The normalized spacial score (nSPS) is 38.4. The van der Waals surface area contributed by atoms with E-state index in [1.807, 2.05) is 13.8 Å². The van der Waals surface area contributed by atoms with Gasteiger partial charge in [-0.3, -0.25) is 0 Å². The molecule has 0 heterocycles. The Morgan fingerprint density at radius 3 is 2.65 bits per heavy atom. The maximum atomic E-state index is 10.2. The molecule has 3 fully saturated rings. The fraction of sp³-hybridized carbons (Fsp3) is 0.786. The van der Waals surface area contributed by atoms with E-state index < -0.39 is 17.8 Å². The molecule has 0 saturated heterocycles. The summed E-state index contributed by atoms with van der Waals surface area (Å²) < 4.78 is 0. The first-order valence-electron chi connectivity index (χ1n) is 12.7. The van der Waals surface area contributed by atoms with Gasteiger partial charge in [-0.1, -0.05) is 57.4 Å². The smallest absolute Gasteiger partial charge is 0.0811 e. The van der Waals surface area contributed by atoms with Crippen molar-refractivity contribution >= 4 is 0 Å². The highest BCUT2D eigenvalue weighted by Gasteiger charge is 2.48. The quantitative estimate of drug-likeness (QED) is 0.477. The van der Waals surface area contributed by atoms with E-state index in [9.17, 15) is 15.3 Å². The Labute approximate surface area is 190 Å². The summed E-state index contributed by atoms with van der Waals surface area (Å²) in [6, 6.07) is 0. The van der Waals surface area contributed by atoms with E-state index in [0.29, 0.717) is 30.1 Å². The first-order chi connectivity index (χ1) is 14.5. The van der Waals surface area contributed by atoms with E-state index in [0.717, 1.165) is 29.9 Å². The highest BCUT2D eigenvalue weighted by atomic mass is 16.3. The molecule has 31 heavy (non-hydrogen) atoms. The second kappa shape index (κ2) is 9.93. The predicted molar refractivity (Wildman–Crippen MR) is 129 cm³/mol. The fourth-order valence-electron chi connectivity index (χ4n) is 6.93. The largest absolute Gasteiger partial charge is 0.393 e. The molecular formula is C28H46O3. The molecule has 3 N–H and O–H groups in total. The van der Waals surface area contributed by atoms with Crippen molar-refractivity contribution in [2.24, 2.45) is 23.2 Å². The number of hydrogen-bond donors (Lipinski definition) is 3. The molecule has 0 unspecified atom stereocenters. The van der Waals surface area contributed by atoms with Crippen LogP contribution in [-0.2, 0) is 0 Å². The number of fused-ring (bicyclic) bond motifs is 1. The maximum Gasteiger partial charge on any atom is 0.0811 e. The molecule has 0 aromatic rings. The van der Waals surface area contributed by atoms with E-state index in [1.165, 1.54) is 44.9 Å². The molecular weight excluding hydrogens is 384 g/mol. The summed E-state index contributed by atoms with van der Waals surface area (Å²) in [6.45, 7) is 12.9. The Morgan fingerprint density at radius 1 is 1.19 bits per heavy atom. The van der Waals surface area contributed by atoms with Crippen LogP contribution in [0.5, 0.6) is 0 Å². The van der Waals surface area contributed by atoms with Crippen LogP contribution in [0, 0.1) is 23.2 Å². The van der Waals surface area contributed by atoms with E-state index in [4.69, 9.17) is 0 Å². The number of aliphatic hydroxyl groups excluding tert-OH is 2. The second-order valence-corrected chi connectivity index (χ2v) is 11.7. The van der Waals surface area contributed by atoms with Gasteiger partial charge in [0.05, 0.1) is 17.8 Å². The van der Waals surface area contributed by atoms with Crippen molar-refractivity contribution < 1.29 is 15.3 Å². The van der Waals surface area contributed by atoms with Crippen molar-refractivity contribution in [3.05, 3.63) is 35.5 Å². The van der Waals surface area contributed by atoms with Gasteiger partial charge in [-0.2, -0.15) is 0 Å². The third kappa shape index (κ3) is 5.92. The molecule has 0 radical (unpaired) electrons. The molecule has 3 nitrogen and oxygen atoms in total. The van der Waals surface area contributed by atoms with Gasteiger partial charge in [-0.25, -0.2) is 0 Å². The monoisotopic (exact) mass is 430 g/mol. The lowest BCUT2D eigenvalue weighted by Gasteiger charge is -2.54. The Morgan fingerprint density at radius 2 is 1.94 bits per heavy atom. The predicted octanol–water partition coefficient (Wildman–Crippen LogP) is 6.09. The number of hydrogen-bond acceptors (Lipinski definition) is 3. The SMILES string of the molecule is C=C1/C(=C\C=C2/CCC[C@]3(C)[C@@H]([C@H](C)CCCC(C)(C)O)CCC[C@@H]23)C[C@@H](O)C[C@@H]1O. The summed E-state index contributed by atoms with van der Waals surface area (Å²) in [5.41, 5.74) is 3.16. The Balaban J connectivity index is 1.74. The van der Waals surface area contributed by atoms with Crippen molar-refractivity contribution in [1.29, 1.82) is 0 Å². The number of aliphatic hydroxyl groups is 3. The van der Waals surface area contributed by atoms with E-state index in [1.54, 1.807) is 5.57 Å². The molecule has 176 valence electrons. The minimum absolute atomic E-state index is 0.359. The average molecular weight is 431 g/mol. The lowest BCUT2D eigenvalue weighted by molar-refractivity contribution is -0.00356. The van der Waals surface area contributed by atoms with Crippen molar-refractivity contribution in [3.8, 4) is 0 Å². The van der Waals surface area contributed by atoms with Crippen molar-refractivity contribution in [1.82, 2.24) is 0 Å². The van der Waals surface area contributed by atoms with Crippen molar-refractivity contribution in [2.45, 2.75) is 116 Å². The topological polar surface area (TPSA) is 60.7 Å². The van der Waals surface area contributed by atoms with Crippen LogP contribution in [0.15, 0.2) is 35.5 Å². The van der Waals surface area contributed by atoms with Crippen LogP contribution < -0.4 is 0 Å². The van der Waals surface area contributed by atoms with E-state index >= 15 is 0 Å². The first kappa shape index (κ1) is 24.7. The minimum atomic E-state index is -0.617. The summed E-state index contributed by atoms with van der Waals surface area (Å²) in [6.07, 6.45) is 15.2. The van der Waals surface area contributed by atoms with Crippen LogP contribution in [0.4, 0.5) is 0 Å². The Bertz CT molecular complexity index is 698. The summed E-state index contributed by atoms with van der Waals surface area (Å²) in [5, 5.41) is 30.3. The van der Waals surface area contributed by atoms with Gasteiger partial charge in [-0.05, 0) is 93.1 Å². The number of rotatable bonds is 6. The zero-order valence-electron chi connectivity index (χ0n) is 20.4. The van der Waals surface area contributed by atoms with Crippen molar-refractivity contribution in [2.75, 3.05) is 0 Å². The van der Waals surface area contributed by atoms with Crippen LogP contribution in [-0.4, -0.2) is 33.1 Å². The third-order valence-corrected chi connectivity index (χ3v) is 8.68. The molecule has 0 aliphatic heterocycles. The van der Waals surface area contributed by atoms with E-state index in [2.05, 4.69) is 32.6 Å². The van der Waals surface area contributed by atoms with Crippen LogP contribution in [0.25, 0.3) is 0 Å². The molecule has 3 saturated carbocycles. The molecule has 3 rings (SSSR count). The van der Waals surface area contributed by atoms with Gasteiger partial charge in [0.1, 0.15) is 0 Å². The summed E-state index contributed by atoms with van der Waals surface area (Å²) in [4.78, 5) is 0. The molecule has 0 aromatic carbocycles. The van der Waals surface area contributed by atoms with Crippen LogP contribution in [0.3, 0.4) is 0 Å². The molecule has 3 aliphatic carbocycles. The maximum absolute atomic E-state index is 10.2. The van der Waals surface area contributed by atoms with Gasteiger partial charge in [0.15, 0.2) is 0 Å². The van der Waals surface area contributed by atoms with Gasteiger partial charge >= 0.3 is 0 Å². The second-order valence-electron chi connectivity index (χ2n) is 11.7. The zero-order chi connectivity index (χ0) is 22.8. The molecule has 0 spiro atoms. The highest BCUT2D eigenvalue weighted by molar-refractivity contribution is 5.38. The highest BCUT2D eigenvalue weighted by Crippen LogP contribution is 2.57. The Kier molecular flexibility index (Phi) is 7.92. The van der Waals surface area contributed by atoms with Crippen LogP contribution >= 0.6 is 0 Å². The Hall–Kier alpha value is -0.900. The fourth-order valence-corrected chi connectivity index (χ4v) is 6.93. The van der Waals surface area contributed by atoms with Crippen LogP contribution in [0.1, 0.15) is 98.3 Å². The van der Waals surface area contributed by atoms with E-state index in [-0.39, 0.29) is 0 Å². The standard InChI is InChI=1S/C28H46O3/c1-19(9-7-15-27(3,4)31)24-11-6-12-25-21(10-8-16-28(24,25)5)13-14-22-17-23(29)18-26(30)20(22)2/h13-14,19,23-26,29-31H,2,6-12,15-18H2,1,3-5H3/b21-13+,22-14-/t19-,23-,24-,25+,26+,28-/m1/s1. The number of allylic oxidation sites excluding steroid dienone is 3. The molecule has 0 amide bonds. The summed E-state index contributed by atoms with van der Waals surface area (Å²) in [7, 11) is 0. The van der Waals surface area contributed by atoms with Crippen molar-refractivity contribution in [3.63, 3.8) is 0 Å². The lowest BCUT2D eigenvalue weighted by atomic mass is 9.51. The molecule has 3 aliphatic rings. The summed E-state index contributed by atoms with van der Waals surface area (Å²) in [5.74, 6) is 2.08.